The quantitative estimate of drug-likeness (QED) is 0.710. The maximum absolute atomic E-state index is 12.0. The van der Waals surface area contributed by atoms with Crippen LogP contribution in [0.25, 0.3) is 0 Å². The van der Waals surface area contributed by atoms with Crippen LogP contribution < -0.4 is 0 Å². The van der Waals surface area contributed by atoms with Gasteiger partial charge in [0.15, 0.2) is 0 Å². The third-order valence-corrected chi connectivity index (χ3v) is 3.23. The summed E-state index contributed by atoms with van der Waals surface area (Å²) in [7, 11) is 0. The molecule has 1 heterocycles. The van der Waals surface area contributed by atoms with Gasteiger partial charge in [-0.05, 0) is 26.0 Å². The first kappa shape index (κ1) is 15.3. The van der Waals surface area contributed by atoms with Crippen molar-refractivity contribution in [2.24, 2.45) is 5.92 Å². The van der Waals surface area contributed by atoms with Crippen molar-refractivity contribution in [3.8, 4) is 0 Å². The molecule has 0 N–H and O–H groups in total. The molecule has 4 heteroatoms. The van der Waals surface area contributed by atoms with Crippen molar-refractivity contribution in [2.45, 2.75) is 46.5 Å². The summed E-state index contributed by atoms with van der Waals surface area (Å²) in [5.41, 5.74) is 0. The van der Waals surface area contributed by atoms with Crippen LogP contribution in [0.15, 0.2) is 16.5 Å². The topological polar surface area (TPSA) is 64.3 Å². The molecular formula is C15H20O4. The first-order chi connectivity index (χ1) is 8.92. The maximum atomic E-state index is 12.0. The fourth-order valence-corrected chi connectivity index (χ4v) is 2.21. The zero-order valence-corrected chi connectivity index (χ0v) is 11.9. The van der Waals surface area contributed by atoms with Crippen LogP contribution in [0, 0.1) is 12.8 Å². The van der Waals surface area contributed by atoms with Crippen LogP contribution in [-0.2, 0) is 14.4 Å². The van der Waals surface area contributed by atoms with Gasteiger partial charge < -0.3 is 4.42 Å². The third kappa shape index (κ3) is 3.40. The van der Waals surface area contributed by atoms with Crippen LogP contribution in [-0.4, -0.2) is 17.3 Å². The Labute approximate surface area is 113 Å². The van der Waals surface area contributed by atoms with Gasteiger partial charge in [0.1, 0.15) is 28.9 Å². The molecule has 0 bridgehead atoms. The lowest BCUT2D eigenvalue weighted by molar-refractivity contribution is -0.137. The highest BCUT2D eigenvalue weighted by molar-refractivity contribution is 6.07. The number of hydrogen-bond donors (Lipinski definition) is 0. The van der Waals surface area contributed by atoms with Gasteiger partial charge in [-0.3, -0.25) is 14.4 Å². The fourth-order valence-electron chi connectivity index (χ4n) is 2.21. The highest BCUT2D eigenvalue weighted by atomic mass is 16.3. The molecule has 0 aliphatic rings. The van der Waals surface area contributed by atoms with Crippen molar-refractivity contribution in [3.63, 3.8) is 0 Å². The normalized spacial score (nSPS) is 12.5. The summed E-state index contributed by atoms with van der Waals surface area (Å²) in [5.74, 6) is -1.29. The molecule has 0 saturated carbocycles. The number of ketones is 3. The molecule has 1 rings (SSSR count). The minimum Gasteiger partial charge on any atom is -0.466 e. The standard InChI is InChI=1S/C15H20O4/c1-5-11(17)15(12(18)6-2)14(10(4)16)13-8-7-9(3)19-13/h7-8,14-15H,5-6H2,1-4H3. The van der Waals surface area contributed by atoms with Crippen molar-refractivity contribution in [3.05, 3.63) is 23.7 Å². The molecule has 0 aliphatic heterocycles. The van der Waals surface area contributed by atoms with Gasteiger partial charge in [0.05, 0.1) is 11.8 Å². The van der Waals surface area contributed by atoms with Gasteiger partial charge in [0.25, 0.3) is 0 Å². The Morgan fingerprint density at radius 3 is 1.95 bits per heavy atom. The smallest absolute Gasteiger partial charge is 0.144 e. The SMILES string of the molecule is CCC(=O)C(C(=O)CC)C(C(C)=O)c1ccc(C)o1. The van der Waals surface area contributed by atoms with E-state index in [9.17, 15) is 14.4 Å². The van der Waals surface area contributed by atoms with E-state index in [1.165, 1.54) is 6.92 Å². The first-order valence-corrected chi connectivity index (χ1v) is 6.54. The van der Waals surface area contributed by atoms with E-state index >= 15 is 0 Å². The number of carbonyl (C=O) groups excluding carboxylic acids is 3. The highest BCUT2D eigenvalue weighted by Gasteiger charge is 2.38. The Balaban J connectivity index is 3.23. The lowest BCUT2D eigenvalue weighted by Crippen LogP contribution is -2.33. The predicted octanol–water partition coefficient (Wildman–Crippen LogP) is 2.84. The van der Waals surface area contributed by atoms with E-state index in [4.69, 9.17) is 4.42 Å². The molecule has 0 aromatic carbocycles. The monoisotopic (exact) mass is 264 g/mol. The van der Waals surface area contributed by atoms with Crippen LogP contribution in [0.1, 0.15) is 51.1 Å². The average molecular weight is 264 g/mol. The number of rotatable bonds is 7. The predicted molar refractivity (Wildman–Crippen MR) is 71.0 cm³/mol. The molecule has 104 valence electrons. The largest absolute Gasteiger partial charge is 0.466 e. The van der Waals surface area contributed by atoms with E-state index in [1.54, 1.807) is 32.9 Å². The van der Waals surface area contributed by atoms with E-state index in [2.05, 4.69) is 0 Å². The van der Waals surface area contributed by atoms with Crippen LogP contribution in [0.3, 0.4) is 0 Å². The lowest BCUT2D eigenvalue weighted by atomic mass is 9.79. The van der Waals surface area contributed by atoms with Gasteiger partial charge in [-0.15, -0.1) is 0 Å². The summed E-state index contributed by atoms with van der Waals surface area (Å²) in [4.78, 5) is 35.9. The summed E-state index contributed by atoms with van der Waals surface area (Å²) >= 11 is 0. The van der Waals surface area contributed by atoms with Crippen LogP contribution in [0.4, 0.5) is 0 Å². The van der Waals surface area contributed by atoms with Gasteiger partial charge in [-0.25, -0.2) is 0 Å². The van der Waals surface area contributed by atoms with Crippen LogP contribution >= 0.6 is 0 Å². The Kier molecular flexibility index (Phi) is 5.21. The molecular weight excluding hydrogens is 244 g/mol. The second-order valence-corrected chi connectivity index (χ2v) is 4.65. The molecule has 0 amide bonds. The average Bonchev–Trinajstić information content (AvgIpc) is 2.79. The van der Waals surface area contributed by atoms with E-state index < -0.39 is 11.8 Å². The summed E-state index contributed by atoms with van der Waals surface area (Å²) in [6, 6.07) is 3.40. The second kappa shape index (κ2) is 6.45. The molecule has 0 radical (unpaired) electrons. The van der Waals surface area contributed by atoms with E-state index in [1.807, 2.05) is 0 Å². The molecule has 1 aromatic heterocycles. The molecule has 1 aromatic rings. The number of furan rings is 1. The summed E-state index contributed by atoms with van der Waals surface area (Å²) in [5, 5.41) is 0. The van der Waals surface area contributed by atoms with Crippen LogP contribution in [0.2, 0.25) is 0 Å². The number of carbonyl (C=O) groups is 3. The van der Waals surface area contributed by atoms with E-state index in [0.29, 0.717) is 11.5 Å². The van der Waals surface area contributed by atoms with E-state index in [-0.39, 0.29) is 30.2 Å². The van der Waals surface area contributed by atoms with Gasteiger partial charge >= 0.3 is 0 Å². The summed E-state index contributed by atoms with van der Waals surface area (Å²) < 4.78 is 5.45. The first-order valence-electron chi connectivity index (χ1n) is 6.54. The van der Waals surface area contributed by atoms with Gasteiger partial charge in [0.2, 0.25) is 0 Å². The van der Waals surface area contributed by atoms with E-state index in [0.717, 1.165) is 0 Å². The molecule has 19 heavy (non-hydrogen) atoms. The summed E-state index contributed by atoms with van der Waals surface area (Å²) in [6.45, 7) is 6.55. The highest BCUT2D eigenvalue weighted by Crippen LogP contribution is 2.30. The Bertz CT molecular complexity index is 468. The summed E-state index contributed by atoms with van der Waals surface area (Å²) in [6.07, 6.45) is 0.472. The minimum atomic E-state index is -0.918. The zero-order valence-electron chi connectivity index (χ0n) is 11.9. The molecule has 1 unspecified atom stereocenters. The molecule has 0 spiro atoms. The maximum Gasteiger partial charge on any atom is 0.144 e. The van der Waals surface area contributed by atoms with Crippen molar-refractivity contribution in [1.29, 1.82) is 0 Å². The fraction of sp³-hybridized carbons (Fsp3) is 0.533. The third-order valence-electron chi connectivity index (χ3n) is 3.23. The lowest BCUT2D eigenvalue weighted by Gasteiger charge is -2.20. The van der Waals surface area contributed by atoms with Gasteiger partial charge in [0, 0.05) is 12.8 Å². The zero-order chi connectivity index (χ0) is 14.6. The number of hydrogen-bond acceptors (Lipinski definition) is 4. The van der Waals surface area contributed by atoms with Gasteiger partial charge in [-0.2, -0.15) is 0 Å². The molecule has 0 saturated heterocycles. The second-order valence-electron chi connectivity index (χ2n) is 4.65. The van der Waals surface area contributed by atoms with Crippen molar-refractivity contribution in [2.75, 3.05) is 0 Å². The molecule has 4 nitrogen and oxygen atoms in total. The molecule has 0 fully saturated rings. The van der Waals surface area contributed by atoms with Crippen LogP contribution in [0.5, 0.6) is 0 Å². The Hall–Kier alpha value is -1.71. The van der Waals surface area contributed by atoms with Crippen molar-refractivity contribution < 1.29 is 18.8 Å². The van der Waals surface area contributed by atoms with Crippen molar-refractivity contribution >= 4 is 17.3 Å². The molecule has 0 aliphatic carbocycles. The van der Waals surface area contributed by atoms with Gasteiger partial charge in [-0.1, -0.05) is 13.8 Å². The Morgan fingerprint density at radius 1 is 1.11 bits per heavy atom. The Morgan fingerprint density at radius 2 is 1.63 bits per heavy atom. The molecule has 1 atom stereocenters. The van der Waals surface area contributed by atoms with Crippen molar-refractivity contribution in [1.82, 2.24) is 0 Å². The number of Topliss-reactive ketones (excluding diaryl/α,β-unsaturated/α-hetero) is 3. The number of aryl methyl sites for hydroxylation is 1. The minimum absolute atomic E-state index is 0.207.